The number of aromatic amines is 1. The standard InChI is InChI=1S/C21H16N4O2S/c1-28-11-8-6-10(7-9-11)14-15-17(12-4-2-3-5-13(12)18(15)26)23-19-16(14)20(27)25-21(22)24-19/h2-9,14H,1H3,(H4,22,23,24,25,27)/t14-/m1/s1. The maximum Gasteiger partial charge on any atom is 0.258 e. The van der Waals surface area contributed by atoms with Crippen LogP contribution in [0.25, 0.3) is 5.70 Å². The van der Waals surface area contributed by atoms with Crippen molar-refractivity contribution in [3.8, 4) is 0 Å². The quantitative estimate of drug-likeness (QED) is 0.583. The van der Waals surface area contributed by atoms with Crippen LogP contribution in [0.3, 0.4) is 0 Å². The number of nitrogens with one attached hydrogen (secondary N) is 2. The Kier molecular flexibility index (Phi) is 3.67. The fourth-order valence-corrected chi connectivity index (χ4v) is 4.38. The molecular weight excluding hydrogens is 372 g/mol. The van der Waals surface area contributed by atoms with E-state index in [-0.39, 0.29) is 17.3 Å². The lowest BCUT2D eigenvalue weighted by Crippen LogP contribution is -2.28. The third-order valence-electron chi connectivity index (χ3n) is 5.20. The molecule has 1 aliphatic heterocycles. The molecule has 2 aliphatic rings. The molecular formula is C21H16N4O2S. The first-order chi connectivity index (χ1) is 13.6. The second kappa shape index (κ2) is 6.10. The number of ketones is 1. The molecule has 4 N–H and O–H groups in total. The maximum absolute atomic E-state index is 13.3. The van der Waals surface area contributed by atoms with Crippen LogP contribution in [0.2, 0.25) is 0 Å². The van der Waals surface area contributed by atoms with Gasteiger partial charge >= 0.3 is 0 Å². The number of rotatable bonds is 2. The van der Waals surface area contributed by atoms with Crippen LogP contribution in [0.4, 0.5) is 11.8 Å². The molecule has 1 aromatic heterocycles. The van der Waals surface area contributed by atoms with Crippen molar-refractivity contribution in [1.82, 2.24) is 9.97 Å². The van der Waals surface area contributed by atoms with Crippen LogP contribution in [0.5, 0.6) is 0 Å². The lowest BCUT2D eigenvalue weighted by Gasteiger charge is -2.27. The van der Waals surface area contributed by atoms with Gasteiger partial charge in [-0.3, -0.25) is 14.6 Å². The third-order valence-corrected chi connectivity index (χ3v) is 5.94. The van der Waals surface area contributed by atoms with E-state index in [0.29, 0.717) is 28.2 Å². The van der Waals surface area contributed by atoms with E-state index in [4.69, 9.17) is 5.73 Å². The van der Waals surface area contributed by atoms with Gasteiger partial charge in [0.05, 0.1) is 11.3 Å². The number of hydrogen-bond donors (Lipinski definition) is 3. The fourth-order valence-electron chi connectivity index (χ4n) is 3.97. The van der Waals surface area contributed by atoms with Gasteiger partial charge in [0, 0.05) is 27.5 Å². The Bertz CT molecular complexity index is 1230. The predicted molar refractivity (Wildman–Crippen MR) is 111 cm³/mol. The number of carbonyl (C=O) groups excluding carboxylic acids is 1. The molecule has 0 saturated carbocycles. The summed E-state index contributed by atoms with van der Waals surface area (Å²) in [4.78, 5) is 34.1. The van der Waals surface area contributed by atoms with Crippen molar-refractivity contribution in [3.63, 3.8) is 0 Å². The minimum Gasteiger partial charge on any atom is -0.369 e. The van der Waals surface area contributed by atoms with Gasteiger partial charge in [0.2, 0.25) is 5.95 Å². The van der Waals surface area contributed by atoms with E-state index in [0.717, 1.165) is 16.0 Å². The molecule has 0 fully saturated rings. The number of allylic oxidation sites excluding steroid dienone is 1. The van der Waals surface area contributed by atoms with Crippen LogP contribution in [-0.4, -0.2) is 22.0 Å². The fraction of sp³-hybridized carbons (Fsp3) is 0.0952. The van der Waals surface area contributed by atoms with Gasteiger partial charge in [-0.15, -0.1) is 11.8 Å². The van der Waals surface area contributed by atoms with Gasteiger partial charge < -0.3 is 11.1 Å². The lowest BCUT2D eigenvalue weighted by molar-refractivity contribution is 0.103. The number of fused-ring (bicyclic) bond motifs is 3. The molecule has 0 amide bonds. The van der Waals surface area contributed by atoms with E-state index in [1.54, 1.807) is 11.8 Å². The van der Waals surface area contributed by atoms with E-state index in [9.17, 15) is 9.59 Å². The van der Waals surface area contributed by atoms with Gasteiger partial charge in [-0.05, 0) is 24.0 Å². The SMILES string of the molecule is CSc1ccc([C@@H]2C3=C(Nc4nc(N)[nH]c(=O)c42)c2ccccc2C3=O)cc1. The molecule has 2 heterocycles. The van der Waals surface area contributed by atoms with Gasteiger partial charge in [0.25, 0.3) is 5.56 Å². The van der Waals surface area contributed by atoms with Crippen molar-refractivity contribution in [2.75, 3.05) is 17.3 Å². The van der Waals surface area contributed by atoms with Crippen LogP contribution >= 0.6 is 11.8 Å². The number of nitrogen functional groups attached to an aromatic ring is 1. The largest absolute Gasteiger partial charge is 0.369 e. The molecule has 0 spiro atoms. The normalized spacial score (nSPS) is 17.0. The predicted octanol–water partition coefficient (Wildman–Crippen LogP) is 3.24. The van der Waals surface area contributed by atoms with Crippen molar-refractivity contribution in [2.45, 2.75) is 10.8 Å². The van der Waals surface area contributed by atoms with Crippen LogP contribution in [0.15, 0.2) is 63.8 Å². The number of Topliss-reactive ketones (excluding diaryl/α,β-unsaturated/α-hetero) is 1. The Morgan fingerprint density at radius 1 is 1.04 bits per heavy atom. The van der Waals surface area contributed by atoms with Crippen LogP contribution < -0.4 is 16.6 Å². The molecule has 7 heteroatoms. The highest BCUT2D eigenvalue weighted by molar-refractivity contribution is 7.98. The molecule has 0 saturated heterocycles. The van der Waals surface area contributed by atoms with Crippen molar-refractivity contribution in [2.24, 2.45) is 0 Å². The van der Waals surface area contributed by atoms with Crippen LogP contribution in [0, 0.1) is 0 Å². The van der Waals surface area contributed by atoms with Gasteiger partial charge in [-0.1, -0.05) is 36.4 Å². The molecule has 5 rings (SSSR count). The lowest BCUT2D eigenvalue weighted by atomic mass is 9.82. The minimum atomic E-state index is -0.515. The molecule has 138 valence electrons. The minimum absolute atomic E-state index is 0.0365. The first-order valence-electron chi connectivity index (χ1n) is 8.77. The van der Waals surface area contributed by atoms with Crippen molar-refractivity contribution in [1.29, 1.82) is 0 Å². The first kappa shape index (κ1) is 16.8. The number of nitrogens with zero attached hydrogens (tertiary/aromatic N) is 1. The molecule has 1 atom stereocenters. The van der Waals surface area contributed by atoms with Gasteiger partial charge in [-0.25, -0.2) is 0 Å². The third kappa shape index (κ3) is 2.33. The number of H-pyrrole nitrogens is 1. The number of anilines is 2. The summed E-state index contributed by atoms with van der Waals surface area (Å²) in [6.45, 7) is 0. The smallest absolute Gasteiger partial charge is 0.258 e. The Morgan fingerprint density at radius 2 is 1.75 bits per heavy atom. The summed E-state index contributed by atoms with van der Waals surface area (Å²) < 4.78 is 0. The van der Waals surface area contributed by atoms with Crippen LogP contribution in [-0.2, 0) is 0 Å². The summed E-state index contributed by atoms with van der Waals surface area (Å²) in [5.41, 5.74) is 9.42. The molecule has 0 radical (unpaired) electrons. The topological polar surface area (TPSA) is 101 Å². The zero-order valence-electron chi connectivity index (χ0n) is 14.9. The van der Waals surface area contributed by atoms with Gasteiger partial charge in [0.1, 0.15) is 5.82 Å². The van der Waals surface area contributed by atoms with Gasteiger partial charge in [-0.2, -0.15) is 4.98 Å². The van der Waals surface area contributed by atoms with E-state index >= 15 is 0 Å². The number of nitrogens with two attached hydrogens (primary N) is 1. The number of benzene rings is 2. The first-order valence-corrected chi connectivity index (χ1v) is 10.00. The van der Waals surface area contributed by atoms with Crippen molar-refractivity contribution in [3.05, 3.63) is 86.7 Å². The summed E-state index contributed by atoms with van der Waals surface area (Å²) in [6, 6.07) is 15.3. The monoisotopic (exact) mass is 388 g/mol. The highest BCUT2D eigenvalue weighted by Gasteiger charge is 2.41. The number of aromatic nitrogens is 2. The van der Waals surface area contributed by atoms with Crippen molar-refractivity contribution < 1.29 is 4.79 Å². The van der Waals surface area contributed by atoms with E-state index in [1.165, 1.54) is 0 Å². The number of hydrogen-bond acceptors (Lipinski definition) is 6. The van der Waals surface area contributed by atoms with E-state index in [2.05, 4.69) is 15.3 Å². The Labute approximate surface area is 164 Å². The number of carbonyl (C=O) groups is 1. The molecule has 6 nitrogen and oxygen atoms in total. The Hall–Kier alpha value is -3.32. The van der Waals surface area contributed by atoms with Crippen LogP contribution in [0.1, 0.15) is 33.0 Å². The second-order valence-corrected chi connectivity index (χ2v) is 7.59. The summed E-state index contributed by atoms with van der Waals surface area (Å²) in [7, 11) is 0. The number of thioether (sulfide) groups is 1. The zero-order valence-corrected chi connectivity index (χ0v) is 15.8. The zero-order chi connectivity index (χ0) is 19.4. The second-order valence-electron chi connectivity index (χ2n) is 6.71. The molecule has 2 aromatic carbocycles. The average molecular weight is 388 g/mol. The van der Waals surface area contributed by atoms with E-state index in [1.807, 2.05) is 54.8 Å². The summed E-state index contributed by atoms with van der Waals surface area (Å²) in [5, 5.41) is 3.19. The summed E-state index contributed by atoms with van der Waals surface area (Å²) in [6.07, 6.45) is 2.00. The highest BCUT2D eigenvalue weighted by atomic mass is 32.2. The highest BCUT2D eigenvalue weighted by Crippen LogP contribution is 2.47. The van der Waals surface area contributed by atoms with E-state index < -0.39 is 5.92 Å². The Morgan fingerprint density at radius 3 is 2.46 bits per heavy atom. The molecule has 1 aliphatic carbocycles. The molecule has 0 unspecified atom stereocenters. The molecule has 28 heavy (non-hydrogen) atoms. The molecule has 0 bridgehead atoms. The summed E-state index contributed by atoms with van der Waals surface area (Å²) >= 11 is 1.64. The molecule has 3 aromatic rings. The van der Waals surface area contributed by atoms with Gasteiger partial charge in [0.15, 0.2) is 5.78 Å². The Balaban J connectivity index is 1.79. The maximum atomic E-state index is 13.3. The summed E-state index contributed by atoms with van der Waals surface area (Å²) in [5.74, 6) is -0.157. The van der Waals surface area contributed by atoms with Crippen molar-refractivity contribution >= 4 is 35.0 Å². The average Bonchev–Trinajstić information content (AvgIpc) is 2.99.